The van der Waals surface area contributed by atoms with Gasteiger partial charge in [-0.2, -0.15) is 0 Å². The molecular formula is C11H13ClN2O2S. The molecule has 92 valence electrons. The Balaban J connectivity index is 2.64. The topological polar surface area (TPSA) is 64.3 Å². The van der Waals surface area contributed by atoms with Crippen LogP contribution < -0.4 is 15.8 Å². The van der Waals surface area contributed by atoms with Crippen molar-refractivity contribution in [2.24, 2.45) is 5.73 Å². The van der Waals surface area contributed by atoms with Gasteiger partial charge in [0.2, 0.25) is 0 Å². The summed E-state index contributed by atoms with van der Waals surface area (Å²) in [5.41, 5.74) is 6.96. The van der Waals surface area contributed by atoms with Gasteiger partial charge in [0, 0.05) is 5.02 Å². The first-order chi connectivity index (χ1) is 7.90. The van der Waals surface area contributed by atoms with Gasteiger partial charge in [-0.25, -0.2) is 0 Å². The first kappa shape index (κ1) is 13.7. The highest BCUT2D eigenvalue weighted by Gasteiger charge is 2.06. The number of nitrogens with one attached hydrogen (secondary N) is 1. The van der Waals surface area contributed by atoms with Crippen molar-refractivity contribution in [3.8, 4) is 5.75 Å². The Kier molecular flexibility index (Phi) is 4.72. The van der Waals surface area contributed by atoms with Crippen LogP contribution in [0.25, 0.3) is 0 Å². The van der Waals surface area contributed by atoms with Crippen LogP contribution in [0.4, 0.5) is 0 Å². The lowest BCUT2D eigenvalue weighted by molar-refractivity contribution is -0.121. The molecule has 0 aliphatic rings. The summed E-state index contributed by atoms with van der Waals surface area (Å²) >= 11 is 10.5. The third kappa shape index (κ3) is 4.20. The number of amides is 1. The molecule has 0 saturated carbocycles. The summed E-state index contributed by atoms with van der Waals surface area (Å²) in [7, 11) is 0. The molecule has 4 nitrogen and oxygen atoms in total. The van der Waals surface area contributed by atoms with E-state index in [1.54, 1.807) is 12.1 Å². The number of nitrogens with two attached hydrogens (primary N) is 1. The summed E-state index contributed by atoms with van der Waals surface area (Å²) in [5.74, 6) is 0.199. The molecule has 0 aromatic heterocycles. The number of hydrogen-bond acceptors (Lipinski definition) is 3. The fourth-order valence-corrected chi connectivity index (χ4v) is 1.53. The van der Waals surface area contributed by atoms with Gasteiger partial charge in [-0.05, 0) is 49.3 Å². The van der Waals surface area contributed by atoms with E-state index in [4.69, 9.17) is 22.1 Å². The SMILES string of the molecule is Cc1cc(OCC(=O)NC(N)=S)cc(C)c1Cl. The summed E-state index contributed by atoms with van der Waals surface area (Å²) in [6.45, 7) is 3.60. The van der Waals surface area contributed by atoms with Crippen molar-refractivity contribution in [1.82, 2.24) is 5.32 Å². The van der Waals surface area contributed by atoms with E-state index in [1.807, 2.05) is 13.8 Å². The van der Waals surface area contributed by atoms with Crippen molar-refractivity contribution in [3.63, 3.8) is 0 Å². The Morgan fingerprint density at radius 3 is 2.47 bits per heavy atom. The lowest BCUT2D eigenvalue weighted by Crippen LogP contribution is -2.37. The molecule has 0 spiro atoms. The smallest absolute Gasteiger partial charge is 0.264 e. The van der Waals surface area contributed by atoms with Crippen molar-refractivity contribution in [2.75, 3.05) is 6.61 Å². The normalized spacial score (nSPS) is 9.82. The third-order valence-electron chi connectivity index (χ3n) is 2.04. The Bertz CT molecular complexity index is 440. The molecule has 0 atom stereocenters. The quantitative estimate of drug-likeness (QED) is 0.822. The molecule has 0 unspecified atom stereocenters. The molecule has 0 radical (unpaired) electrons. The first-order valence-electron chi connectivity index (χ1n) is 4.89. The fourth-order valence-electron chi connectivity index (χ4n) is 1.31. The van der Waals surface area contributed by atoms with Crippen LogP contribution in [-0.2, 0) is 4.79 Å². The van der Waals surface area contributed by atoms with Gasteiger partial charge in [-0.15, -0.1) is 0 Å². The predicted octanol–water partition coefficient (Wildman–Crippen LogP) is 1.70. The van der Waals surface area contributed by atoms with Gasteiger partial charge in [-0.3, -0.25) is 4.79 Å². The first-order valence-corrected chi connectivity index (χ1v) is 5.67. The zero-order valence-electron chi connectivity index (χ0n) is 9.54. The highest BCUT2D eigenvalue weighted by atomic mass is 35.5. The molecule has 1 aromatic rings. The van der Waals surface area contributed by atoms with Crippen molar-refractivity contribution in [2.45, 2.75) is 13.8 Å². The van der Waals surface area contributed by atoms with E-state index < -0.39 is 0 Å². The van der Waals surface area contributed by atoms with Gasteiger partial charge >= 0.3 is 0 Å². The zero-order valence-corrected chi connectivity index (χ0v) is 11.1. The van der Waals surface area contributed by atoms with E-state index >= 15 is 0 Å². The maximum atomic E-state index is 11.2. The maximum Gasteiger partial charge on any atom is 0.264 e. The number of hydrogen-bond donors (Lipinski definition) is 2. The van der Waals surface area contributed by atoms with Crippen LogP contribution in [0, 0.1) is 13.8 Å². The van der Waals surface area contributed by atoms with Crippen molar-refractivity contribution in [3.05, 3.63) is 28.3 Å². The van der Waals surface area contributed by atoms with Crippen molar-refractivity contribution >= 4 is 34.8 Å². The molecule has 1 amide bonds. The minimum Gasteiger partial charge on any atom is -0.484 e. The molecule has 0 bridgehead atoms. The van der Waals surface area contributed by atoms with Gasteiger partial charge in [0.15, 0.2) is 11.7 Å². The molecule has 1 rings (SSSR count). The number of halogens is 1. The molecule has 0 heterocycles. The van der Waals surface area contributed by atoms with Crippen LogP contribution in [0.1, 0.15) is 11.1 Å². The number of carbonyl (C=O) groups is 1. The van der Waals surface area contributed by atoms with E-state index in [0.717, 1.165) is 11.1 Å². The highest BCUT2D eigenvalue weighted by molar-refractivity contribution is 7.80. The van der Waals surface area contributed by atoms with Gasteiger partial charge < -0.3 is 15.8 Å². The number of aryl methyl sites for hydroxylation is 2. The van der Waals surface area contributed by atoms with Crippen molar-refractivity contribution in [1.29, 1.82) is 0 Å². The molecule has 0 saturated heterocycles. The average Bonchev–Trinajstić information content (AvgIpc) is 2.22. The molecule has 0 fully saturated rings. The predicted molar refractivity (Wildman–Crippen MR) is 71.3 cm³/mol. The van der Waals surface area contributed by atoms with E-state index in [0.29, 0.717) is 10.8 Å². The highest BCUT2D eigenvalue weighted by Crippen LogP contribution is 2.25. The summed E-state index contributed by atoms with van der Waals surface area (Å²) in [6, 6.07) is 3.53. The Morgan fingerprint density at radius 1 is 1.47 bits per heavy atom. The zero-order chi connectivity index (χ0) is 13.0. The summed E-state index contributed by atoms with van der Waals surface area (Å²) in [5, 5.41) is 2.90. The summed E-state index contributed by atoms with van der Waals surface area (Å²) in [4.78, 5) is 11.2. The van der Waals surface area contributed by atoms with Gasteiger partial charge in [-0.1, -0.05) is 11.6 Å². The third-order valence-corrected chi connectivity index (χ3v) is 2.74. The summed E-state index contributed by atoms with van der Waals surface area (Å²) < 4.78 is 5.30. The number of ether oxygens (including phenoxy) is 1. The van der Waals surface area contributed by atoms with E-state index in [9.17, 15) is 4.79 Å². The second-order valence-electron chi connectivity index (χ2n) is 3.57. The molecule has 0 aliphatic carbocycles. The van der Waals surface area contributed by atoms with E-state index in [2.05, 4.69) is 17.5 Å². The maximum absolute atomic E-state index is 11.2. The van der Waals surface area contributed by atoms with Crippen molar-refractivity contribution < 1.29 is 9.53 Å². The van der Waals surface area contributed by atoms with Gasteiger partial charge in [0.1, 0.15) is 5.75 Å². The molecular weight excluding hydrogens is 260 g/mol. The van der Waals surface area contributed by atoms with Crippen LogP contribution in [0.3, 0.4) is 0 Å². The van der Waals surface area contributed by atoms with Crippen LogP contribution in [0.5, 0.6) is 5.75 Å². The van der Waals surface area contributed by atoms with E-state index in [-0.39, 0.29) is 17.6 Å². The van der Waals surface area contributed by atoms with E-state index in [1.165, 1.54) is 0 Å². The standard InChI is InChI=1S/C11H13ClN2O2S/c1-6-3-8(4-7(2)10(6)12)16-5-9(15)14-11(13)17/h3-4H,5H2,1-2H3,(H3,13,14,15,17). The molecule has 3 N–H and O–H groups in total. The van der Waals surface area contributed by atoms with Gasteiger partial charge in [0.05, 0.1) is 0 Å². The molecule has 6 heteroatoms. The average molecular weight is 273 g/mol. The van der Waals surface area contributed by atoms with Crippen LogP contribution in [0.2, 0.25) is 5.02 Å². The minimum absolute atomic E-state index is 0.0675. The number of thiocarbonyl (C=S) groups is 1. The number of benzene rings is 1. The minimum atomic E-state index is -0.386. The largest absolute Gasteiger partial charge is 0.484 e. The van der Waals surface area contributed by atoms with Crippen LogP contribution in [0.15, 0.2) is 12.1 Å². The number of rotatable bonds is 3. The molecule has 0 aliphatic heterocycles. The summed E-state index contributed by atoms with van der Waals surface area (Å²) in [6.07, 6.45) is 0. The lowest BCUT2D eigenvalue weighted by Gasteiger charge is -2.09. The second-order valence-corrected chi connectivity index (χ2v) is 4.39. The second kappa shape index (κ2) is 5.84. The Morgan fingerprint density at radius 2 is 2.00 bits per heavy atom. The van der Waals surface area contributed by atoms with Crippen LogP contribution >= 0.6 is 23.8 Å². The number of carbonyl (C=O) groups excluding carboxylic acids is 1. The fraction of sp³-hybridized carbons (Fsp3) is 0.273. The Hall–Kier alpha value is -1.33. The molecule has 17 heavy (non-hydrogen) atoms. The lowest BCUT2D eigenvalue weighted by atomic mass is 10.1. The Labute approximate surface area is 110 Å². The van der Waals surface area contributed by atoms with Gasteiger partial charge in [0.25, 0.3) is 5.91 Å². The van der Waals surface area contributed by atoms with Crippen LogP contribution in [-0.4, -0.2) is 17.6 Å². The molecule has 1 aromatic carbocycles. The monoisotopic (exact) mass is 272 g/mol.